The van der Waals surface area contributed by atoms with Gasteiger partial charge in [-0.15, -0.1) is 0 Å². The number of rotatable bonds is 2. The van der Waals surface area contributed by atoms with E-state index in [1.807, 2.05) is 6.07 Å². The molecule has 1 fully saturated rings. The van der Waals surface area contributed by atoms with Crippen molar-refractivity contribution >= 4 is 29.1 Å². The van der Waals surface area contributed by atoms with Crippen LogP contribution in [0.4, 0.5) is 0 Å². The van der Waals surface area contributed by atoms with Crippen LogP contribution in [-0.4, -0.2) is 40.5 Å². The quantitative estimate of drug-likeness (QED) is 0.832. The first kappa shape index (κ1) is 16.2. The standard InChI is InChI=1S/C16H15Cl2N3O2/c1-10-19-7-12(8-20-10)16(22)21-4-5-23-15(9-21)11-2-3-13(17)14(18)6-11/h2-3,6-8,15H,4-5,9H2,1H3/t15-/m0/s1. The summed E-state index contributed by atoms with van der Waals surface area (Å²) in [6, 6.07) is 5.37. The fraction of sp³-hybridized carbons (Fsp3) is 0.312. The zero-order valence-electron chi connectivity index (χ0n) is 12.5. The maximum absolute atomic E-state index is 12.6. The molecule has 1 aliphatic heterocycles. The largest absolute Gasteiger partial charge is 0.370 e. The van der Waals surface area contributed by atoms with Crippen LogP contribution in [0.1, 0.15) is 27.8 Å². The molecule has 5 nitrogen and oxygen atoms in total. The normalized spacial score (nSPS) is 18.0. The molecule has 0 saturated carbocycles. The summed E-state index contributed by atoms with van der Waals surface area (Å²) in [5.74, 6) is 0.538. The van der Waals surface area contributed by atoms with E-state index in [2.05, 4.69) is 9.97 Å². The molecule has 1 amide bonds. The number of nitrogens with zero attached hydrogens (tertiary/aromatic N) is 3. The van der Waals surface area contributed by atoms with Crippen LogP contribution in [0, 0.1) is 6.92 Å². The lowest BCUT2D eigenvalue weighted by molar-refractivity contribution is -0.0228. The molecule has 2 heterocycles. The molecule has 0 radical (unpaired) electrons. The summed E-state index contributed by atoms with van der Waals surface area (Å²) in [5.41, 5.74) is 1.38. The highest BCUT2D eigenvalue weighted by atomic mass is 35.5. The van der Waals surface area contributed by atoms with Gasteiger partial charge in [-0.1, -0.05) is 29.3 Å². The Labute approximate surface area is 144 Å². The molecule has 0 unspecified atom stereocenters. The zero-order chi connectivity index (χ0) is 16.4. The fourth-order valence-corrected chi connectivity index (χ4v) is 2.74. The van der Waals surface area contributed by atoms with Gasteiger partial charge in [0.2, 0.25) is 0 Å². The van der Waals surface area contributed by atoms with E-state index < -0.39 is 0 Å². The summed E-state index contributed by atoms with van der Waals surface area (Å²) in [6.07, 6.45) is 2.87. The average molecular weight is 352 g/mol. The molecule has 0 N–H and O–H groups in total. The Balaban J connectivity index is 1.76. The van der Waals surface area contributed by atoms with E-state index in [0.29, 0.717) is 41.1 Å². The average Bonchev–Trinajstić information content (AvgIpc) is 2.57. The molecule has 0 aliphatic carbocycles. The first-order valence-electron chi connectivity index (χ1n) is 7.19. The number of aryl methyl sites for hydroxylation is 1. The lowest BCUT2D eigenvalue weighted by Crippen LogP contribution is -2.42. The number of carbonyl (C=O) groups excluding carboxylic acids is 1. The van der Waals surface area contributed by atoms with E-state index in [0.717, 1.165) is 5.56 Å². The van der Waals surface area contributed by atoms with Crippen LogP contribution >= 0.6 is 23.2 Å². The van der Waals surface area contributed by atoms with Gasteiger partial charge in [-0.2, -0.15) is 0 Å². The molecule has 0 bridgehead atoms. The third kappa shape index (κ3) is 3.63. The maximum atomic E-state index is 12.6. The van der Waals surface area contributed by atoms with Crippen molar-refractivity contribution in [3.8, 4) is 0 Å². The zero-order valence-corrected chi connectivity index (χ0v) is 14.0. The van der Waals surface area contributed by atoms with E-state index >= 15 is 0 Å². The Bertz CT molecular complexity index is 722. The molecule has 3 rings (SSSR count). The predicted molar refractivity (Wildman–Crippen MR) is 87.8 cm³/mol. The molecule has 1 aromatic heterocycles. The summed E-state index contributed by atoms with van der Waals surface area (Å²) in [7, 11) is 0. The van der Waals surface area contributed by atoms with Gasteiger partial charge in [0.15, 0.2) is 0 Å². The molecular formula is C16H15Cl2N3O2. The van der Waals surface area contributed by atoms with Crippen LogP contribution in [0.5, 0.6) is 0 Å². The number of hydrogen-bond acceptors (Lipinski definition) is 4. The van der Waals surface area contributed by atoms with Gasteiger partial charge in [0.05, 0.1) is 28.8 Å². The first-order valence-corrected chi connectivity index (χ1v) is 7.94. The second kappa shape index (κ2) is 6.83. The van der Waals surface area contributed by atoms with E-state index in [9.17, 15) is 4.79 Å². The van der Waals surface area contributed by atoms with Crippen molar-refractivity contribution in [3.05, 3.63) is 57.6 Å². The maximum Gasteiger partial charge on any atom is 0.257 e. The molecule has 0 spiro atoms. The smallest absolute Gasteiger partial charge is 0.257 e. The van der Waals surface area contributed by atoms with Gasteiger partial charge >= 0.3 is 0 Å². The molecule has 2 aromatic rings. The number of ether oxygens (including phenoxy) is 1. The van der Waals surface area contributed by atoms with Crippen LogP contribution < -0.4 is 0 Å². The third-order valence-electron chi connectivity index (χ3n) is 3.70. The summed E-state index contributed by atoms with van der Waals surface area (Å²) >= 11 is 12.0. The SMILES string of the molecule is Cc1ncc(C(=O)N2CCO[C@H](c3ccc(Cl)c(Cl)c3)C2)cn1. The lowest BCUT2D eigenvalue weighted by Gasteiger charge is -2.33. The van der Waals surface area contributed by atoms with Gasteiger partial charge in [0.25, 0.3) is 5.91 Å². The third-order valence-corrected chi connectivity index (χ3v) is 4.44. The molecule has 23 heavy (non-hydrogen) atoms. The molecule has 1 atom stereocenters. The minimum absolute atomic E-state index is 0.0987. The lowest BCUT2D eigenvalue weighted by atomic mass is 10.1. The van der Waals surface area contributed by atoms with Crippen molar-refractivity contribution in [2.75, 3.05) is 19.7 Å². The molecular weight excluding hydrogens is 337 g/mol. The topological polar surface area (TPSA) is 55.3 Å². The van der Waals surface area contributed by atoms with Crippen molar-refractivity contribution in [1.82, 2.24) is 14.9 Å². The van der Waals surface area contributed by atoms with Crippen LogP contribution in [-0.2, 0) is 4.74 Å². The Morgan fingerprint density at radius 1 is 1.26 bits per heavy atom. The Hall–Kier alpha value is -1.69. The Morgan fingerprint density at radius 2 is 2.00 bits per heavy atom. The highest BCUT2D eigenvalue weighted by molar-refractivity contribution is 6.42. The minimum atomic E-state index is -0.228. The summed E-state index contributed by atoms with van der Waals surface area (Å²) in [4.78, 5) is 22.4. The molecule has 1 saturated heterocycles. The summed E-state index contributed by atoms with van der Waals surface area (Å²) in [5, 5.41) is 0.971. The number of aromatic nitrogens is 2. The molecule has 7 heteroatoms. The number of hydrogen-bond donors (Lipinski definition) is 0. The number of halogens is 2. The predicted octanol–water partition coefficient (Wildman–Crippen LogP) is 3.31. The number of amides is 1. The molecule has 1 aliphatic rings. The minimum Gasteiger partial charge on any atom is -0.370 e. The van der Waals surface area contributed by atoms with Crippen molar-refractivity contribution in [2.45, 2.75) is 13.0 Å². The number of morpholine rings is 1. The van der Waals surface area contributed by atoms with Crippen LogP contribution in [0.15, 0.2) is 30.6 Å². The highest BCUT2D eigenvalue weighted by Gasteiger charge is 2.26. The van der Waals surface area contributed by atoms with Crippen LogP contribution in [0.25, 0.3) is 0 Å². The van der Waals surface area contributed by atoms with Gasteiger partial charge in [0.1, 0.15) is 11.9 Å². The monoisotopic (exact) mass is 351 g/mol. The summed E-state index contributed by atoms with van der Waals surface area (Å²) < 4.78 is 5.77. The molecule has 1 aromatic carbocycles. The number of benzene rings is 1. The van der Waals surface area contributed by atoms with Crippen molar-refractivity contribution in [3.63, 3.8) is 0 Å². The highest BCUT2D eigenvalue weighted by Crippen LogP contribution is 2.29. The first-order chi connectivity index (χ1) is 11.0. The van der Waals surface area contributed by atoms with Crippen molar-refractivity contribution < 1.29 is 9.53 Å². The van der Waals surface area contributed by atoms with Gasteiger partial charge in [-0.05, 0) is 24.6 Å². The van der Waals surface area contributed by atoms with Crippen LogP contribution in [0.3, 0.4) is 0 Å². The summed E-state index contributed by atoms with van der Waals surface area (Å²) in [6.45, 7) is 3.22. The number of carbonyl (C=O) groups is 1. The van der Waals surface area contributed by atoms with Gasteiger partial charge in [0, 0.05) is 18.9 Å². The van der Waals surface area contributed by atoms with Crippen LogP contribution in [0.2, 0.25) is 10.0 Å². The second-order valence-corrected chi connectivity index (χ2v) is 6.12. The van der Waals surface area contributed by atoms with E-state index in [4.69, 9.17) is 27.9 Å². The van der Waals surface area contributed by atoms with Crippen molar-refractivity contribution in [2.24, 2.45) is 0 Å². The second-order valence-electron chi connectivity index (χ2n) is 5.30. The Morgan fingerprint density at radius 3 is 2.70 bits per heavy atom. The van der Waals surface area contributed by atoms with E-state index in [-0.39, 0.29) is 12.0 Å². The van der Waals surface area contributed by atoms with E-state index in [1.54, 1.807) is 36.4 Å². The van der Waals surface area contributed by atoms with Gasteiger partial charge < -0.3 is 9.64 Å². The Kier molecular flexibility index (Phi) is 4.80. The molecule has 120 valence electrons. The van der Waals surface area contributed by atoms with Crippen molar-refractivity contribution in [1.29, 1.82) is 0 Å². The fourth-order valence-electron chi connectivity index (χ4n) is 2.43. The van der Waals surface area contributed by atoms with Gasteiger partial charge in [-0.25, -0.2) is 9.97 Å². The van der Waals surface area contributed by atoms with E-state index in [1.165, 1.54) is 0 Å². The van der Waals surface area contributed by atoms with Gasteiger partial charge in [-0.3, -0.25) is 4.79 Å².